The maximum absolute atomic E-state index is 11.4. The van der Waals surface area contributed by atoms with Crippen LogP contribution in [0.15, 0.2) is 12.7 Å². The minimum atomic E-state index is -0.432. The monoisotopic (exact) mass is 214 g/mol. The second-order valence-electron chi connectivity index (χ2n) is 3.75. The van der Waals surface area contributed by atoms with Gasteiger partial charge in [0.25, 0.3) is 0 Å². The minimum absolute atomic E-state index is 0.114. The lowest BCUT2D eigenvalue weighted by Gasteiger charge is -2.15. The Bertz CT molecular complexity index is 193. The van der Waals surface area contributed by atoms with E-state index in [1.807, 2.05) is 13.8 Å². The normalized spacial score (nSPS) is 12.5. The molecule has 4 nitrogen and oxygen atoms in total. The van der Waals surface area contributed by atoms with E-state index in [0.717, 1.165) is 6.42 Å². The second kappa shape index (κ2) is 8.44. The lowest BCUT2D eigenvalue weighted by molar-refractivity contribution is -0.123. The van der Waals surface area contributed by atoms with Crippen molar-refractivity contribution >= 4 is 5.91 Å². The van der Waals surface area contributed by atoms with Crippen LogP contribution in [0.4, 0.5) is 0 Å². The largest absolute Gasteiger partial charge is 0.379 e. The summed E-state index contributed by atoms with van der Waals surface area (Å²) < 4.78 is 5.24. The molecule has 0 bridgehead atoms. The molecule has 0 aliphatic heterocycles. The van der Waals surface area contributed by atoms with E-state index in [1.54, 1.807) is 6.08 Å². The number of hydrogen-bond donors (Lipinski definition) is 2. The first kappa shape index (κ1) is 14.1. The van der Waals surface area contributed by atoms with Crippen molar-refractivity contribution in [1.29, 1.82) is 0 Å². The van der Waals surface area contributed by atoms with Gasteiger partial charge in [0, 0.05) is 6.54 Å². The fourth-order valence-electron chi connectivity index (χ4n) is 0.936. The summed E-state index contributed by atoms with van der Waals surface area (Å²) in [6, 6.07) is -0.432. The average Bonchev–Trinajstić information content (AvgIpc) is 2.21. The molecule has 0 saturated heterocycles. The molecule has 15 heavy (non-hydrogen) atoms. The van der Waals surface area contributed by atoms with Crippen LogP contribution in [0.2, 0.25) is 0 Å². The number of rotatable bonds is 8. The van der Waals surface area contributed by atoms with Gasteiger partial charge in [0.2, 0.25) is 5.91 Å². The molecule has 3 N–H and O–H groups in total. The summed E-state index contributed by atoms with van der Waals surface area (Å²) in [5.41, 5.74) is 5.66. The molecule has 0 aromatic heterocycles. The second-order valence-corrected chi connectivity index (χ2v) is 3.75. The summed E-state index contributed by atoms with van der Waals surface area (Å²) in [4.78, 5) is 11.4. The average molecular weight is 214 g/mol. The van der Waals surface area contributed by atoms with Crippen LogP contribution in [0.5, 0.6) is 0 Å². The Kier molecular flexibility index (Phi) is 7.95. The molecular formula is C11H22N2O2. The van der Waals surface area contributed by atoms with Gasteiger partial charge in [-0.2, -0.15) is 0 Å². The lowest BCUT2D eigenvalue weighted by Crippen LogP contribution is -2.44. The Morgan fingerprint density at radius 3 is 2.73 bits per heavy atom. The number of amides is 1. The van der Waals surface area contributed by atoms with Crippen molar-refractivity contribution in [2.75, 3.05) is 19.8 Å². The van der Waals surface area contributed by atoms with Crippen molar-refractivity contribution in [2.24, 2.45) is 11.7 Å². The van der Waals surface area contributed by atoms with Crippen molar-refractivity contribution < 1.29 is 9.53 Å². The van der Waals surface area contributed by atoms with E-state index in [0.29, 0.717) is 19.8 Å². The summed E-state index contributed by atoms with van der Waals surface area (Å²) in [6.07, 6.45) is 2.63. The van der Waals surface area contributed by atoms with Crippen LogP contribution in [0.1, 0.15) is 20.3 Å². The molecule has 1 unspecified atom stereocenters. The van der Waals surface area contributed by atoms with Crippen LogP contribution in [0.3, 0.4) is 0 Å². The molecule has 4 heteroatoms. The van der Waals surface area contributed by atoms with E-state index < -0.39 is 6.04 Å². The van der Waals surface area contributed by atoms with Crippen molar-refractivity contribution in [3.05, 3.63) is 12.7 Å². The topological polar surface area (TPSA) is 64.3 Å². The van der Waals surface area contributed by atoms with Crippen LogP contribution in [-0.4, -0.2) is 31.7 Å². The lowest BCUT2D eigenvalue weighted by atomic mass is 10.1. The van der Waals surface area contributed by atoms with Crippen molar-refractivity contribution in [2.45, 2.75) is 26.3 Å². The molecule has 0 fully saturated rings. The summed E-state index contributed by atoms with van der Waals surface area (Å²) in [6.45, 7) is 9.10. The molecule has 0 aromatic rings. The molecule has 0 aromatic carbocycles. The Morgan fingerprint density at radius 1 is 1.53 bits per heavy atom. The number of carbonyl (C=O) groups is 1. The van der Waals surface area contributed by atoms with Crippen LogP contribution in [-0.2, 0) is 9.53 Å². The summed E-state index contributed by atoms with van der Waals surface area (Å²) in [5.74, 6) is 0.0454. The zero-order valence-corrected chi connectivity index (χ0v) is 9.66. The third-order valence-corrected chi connectivity index (χ3v) is 2.03. The van der Waals surface area contributed by atoms with Gasteiger partial charge in [0.15, 0.2) is 0 Å². The molecule has 0 spiro atoms. The highest BCUT2D eigenvalue weighted by atomic mass is 16.5. The van der Waals surface area contributed by atoms with Crippen LogP contribution in [0, 0.1) is 5.92 Å². The maximum atomic E-state index is 11.4. The van der Waals surface area contributed by atoms with Crippen molar-refractivity contribution in [3.63, 3.8) is 0 Å². The highest BCUT2D eigenvalue weighted by Gasteiger charge is 2.15. The Morgan fingerprint density at radius 2 is 2.20 bits per heavy atom. The molecule has 0 heterocycles. The van der Waals surface area contributed by atoms with Crippen LogP contribution >= 0.6 is 0 Å². The number of hydrogen-bond acceptors (Lipinski definition) is 3. The Labute approximate surface area is 91.9 Å². The highest BCUT2D eigenvalue weighted by Crippen LogP contribution is 1.97. The van der Waals surface area contributed by atoms with Crippen LogP contribution in [0.25, 0.3) is 0 Å². The molecule has 1 atom stereocenters. The molecule has 0 aliphatic rings. The van der Waals surface area contributed by atoms with E-state index in [4.69, 9.17) is 10.5 Å². The van der Waals surface area contributed by atoms with E-state index in [1.165, 1.54) is 0 Å². The van der Waals surface area contributed by atoms with Gasteiger partial charge in [0.05, 0.1) is 19.3 Å². The zero-order valence-electron chi connectivity index (χ0n) is 9.66. The summed E-state index contributed by atoms with van der Waals surface area (Å²) in [7, 11) is 0. The molecule has 0 saturated carbocycles. The molecular weight excluding hydrogens is 192 g/mol. The number of nitrogens with one attached hydrogen (secondary N) is 1. The maximum Gasteiger partial charge on any atom is 0.237 e. The number of carbonyl (C=O) groups excluding carboxylic acids is 1. The van der Waals surface area contributed by atoms with Gasteiger partial charge >= 0.3 is 0 Å². The zero-order chi connectivity index (χ0) is 11.7. The fraction of sp³-hybridized carbons (Fsp3) is 0.727. The summed E-state index contributed by atoms with van der Waals surface area (Å²) >= 11 is 0. The van der Waals surface area contributed by atoms with Crippen LogP contribution < -0.4 is 11.1 Å². The Balaban J connectivity index is 3.43. The van der Waals surface area contributed by atoms with Crippen molar-refractivity contribution in [3.8, 4) is 0 Å². The minimum Gasteiger partial charge on any atom is -0.379 e. The first-order valence-electron chi connectivity index (χ1n) is 5.31. The quantitative estimate of drug-likeness (QED) is 0.461. The molecule has 0 radical (unpaired) electrons. The van der Waals surface area contributed by atoms with Gasteiger partial charge in [-0.05, 0) is 12.3 Å². The SMILES string of the molecule is C=CCCOCCNC(=O)C(N)C(C)C. The van der Waals surface area contributed by atoms with Gasteiger partial charge in [-0.1, -0.05) is 19.9 Å². The standard InChI is InChI=1S/C11H22N2O2/c1-4-5-7-15-8-6-13-11(14)10(12)9(2)3/h4,9-10H,1,5-8,12H2,2-3H3,(H,13,14). The third-order valence-electron chi connectivity index (χ3n) is 2.03. The highest BCUT2D eigenvalue weighted by molar-refractivity contribution is 5.81. The first-order chi connectivity index (χ1) is 7.09. The molecule has 0 rings (SSSR count). The smallest absolute Gasteiger partial charge is 0.237 e. The summed E-state index contributed by atoms with van der Waals surface area (Å²) in [5, 5.41) is 2.73. The van der Waals surface area contributed by atoms with Gasteiger partial charge < -0.3 is 15.8 Å². The number of nitrogens with two attached hydrogens (primary N) is 1. The third kappa shape index (κ3) is 7.11. The van der Waals surface area contributed by atoms with Crippen molar-refractivity contribution in [1.82, 2.24) is 5.32 Å². The van der Waals surface area contributed by atoms with Gasteiger partial charge in [-0.25, -0.2) is 0 Å². The van der Waals surface area contributed by atoms with Gasteiger partial charge in [0.1, 0.15) is 0 Å². The van der Waals surface area contributed by atoms with E-state index >= 15 is 0 Å². The molecule has 1 amide bonds. The predicted octanol–water partition coefficient (Wildman–Crippen LogP) is 0.679. The van der Waals surface area contributed by atoms with Gasteiger partial charge in [-0.15, -0.1) is 6.58 Å². The van der Waals surface area contributed by atoms with E-state index in [9.17, 15) is 4.79 Å². The molecule has 88 valence electrons. The van der Waals surface area contributed by atoms with Gasteiger partial charge in [-0.3, -0.25) is 4.79 Å². The predicted molar refractivity (Wildman–Crippen MR) is 61.5 cm³/mol. The number of ether oxygens (including phenoxy) is 1. The van der Waals surface area contributed by atoms with E-state index in [2.05, 4.69) is 11.9 Å². The molecule has 0 aliphatic carbocycles. The fourth-order valence-corrected chi connectivity index (χ4v) is 0.936. The Hall–Kier alpha value is -0.870. The van der Waals surface area contributed by atoms with E-state index in [-0.39, 0.29) is 11.8 Å². The first-order valence-corrected chi connectivity index (χ1v) is 5.31.